The Morgan fingerprint density at radius 1 is 0.648 bits per heavy atom. The van der Waals surface area contributed by atoms with E-state index in [-0.39, 0.29) is 78.1 Å². The fourth-order valence-electron chi connectivity index (χ4n) is 13.5. The molecule has 0 radical (unpaired) electrons. The average molecular weight is 986 g/mol. The van der Waals surface area contributed by atoms with Crippen LogP contribution in [-0.4, -0.2) is 104 Å². The van der Waals surface area contributed by atoms with Crippen molar-refractivity contribution in [1.29, 1.82) is 0 Å². The number of carboxylic acid groups (broad SMARTS) is 1. The first-order valence-electron chi connectivity index (χ1n) is 26.4. The molecule has 0 spiro atoms. The molecule has 15 nitrogen and oxygen atoms in total. The summed E-state index contributed by atoms with van der Waals surface area (Å²) in [5.41, 5.74) is 1.00. The third kappa shape index (κ3) is 13.0. The van der Waals surface area contributed by atoms with Gasteiger partial charge in [0.15, 0.2) is 0 Å². The van der Waals surface area contributed by atoms with Gasteiger partial charge < -0.3 is 47.0 Å². The summed E-state index contributed by atoms with van der Waals surface area (Å²) in [6.07, 6.45) is 5.27. The first-order chi connectivity index (χ1) is 33.5. The number of carbonyl (C=O) groups excluding carboxylic acids is 5. The van der Waals surface area contributed by atoms with Crippen LogP contribution in [-0.2, 0) is 41.6 Å². The van der Waals surface area contributed by atoms with Gasteiger partial charge in [0.1, 0.15) is 30.2 Å². The number of fused-ring (bicyclic) bond motifs is 5. The minimum Gasteiger partial charge on any atom is -0.480 e. The molecule has 5 amide bonds. The van der Waals surface area contributed by atoms with Crippen LogP contribution in [0.4, 0.5) is 0 Å². The summed E-state index contributed by atoms with van der Waals surface area (Å²) >= 11 is 0. The molecular formula is C56H83N5O10. The van der Waals surface area contributed by atoms with E-state index < -0.39 is 83.3 Å². The fourth-order valence-corrected chi connectivity index (χ4v) is 13.5. The van der Waals surface area contributed by atoms with E-state index in [9.17, 15) is 49.2 Å². The van der Waals surface area contributed by atoms with Crippen LogP contribution >= 0.6 is 0 Å². The third-order valence-electron chi connectivity index (χ3n) is 17.5. The highest BCUT2D eigenvalue weighted by Gasteiger charge is 2.65. The van der Waals surface area contributed by atoms with Gasteiger partial charge in [0.05, 0.1) is 18.3 Å². The quantitative estimate of drug-likeness (QED) is 0.0804. The van der Waals surface area contributed by atoms with Gasteiger partial charge in [-0.15, -0.1) is 0 Å². The van der Waals surface area contributed by atoms with Gasteiger partial charge >= 0.3 is 5.97 Å². The molecule has 9 N–H and O–H groups in total. The van der Waals surface area contributed by atoms with Gasteiger partial charge in [0.2, 0.25) is 29.5 Å². The fraction of sp³-hybridized carbons (Fsp3) is 0.679. The van der Waals surface area contributed by atoms with Crippen LogP contribution in [0.1, 0.15) is 131 Å². The molecular weight excluding hydrogens is 903 g/mol. The topological polar surface area (TPSA) is 243 Å². The Hall–Kier alpha value is -4.86. The Bertz CT molecular complexity index is 2160. The van der Waals surface area contributed by atoms with E-state index in [0.717, 1.165) is 31.2 Å². The molecule has 2 aromatic carbocycles. The summed E-state index contributed by atoms with van der Waals surface area (Å²) in [7, 11) is 0. The molecule has 2 aromatic rings. The minimum atomic E-state index is -1.24. The van der Waals surface area contributed by atoms with Crippen LogP contribution in [0, 0.1) is 58.2 Å². The van der Waals surface area contributed by atoms with E-state index in [1.807, 2.05) is 26.0 Å². The van der Waals surface area contributed by atoms with Crippen LogP contribution < -0.4 is 26.6 Å². The van der Waals surface area contributed by atoms with Crippen molar-refractivity contribution >= 4 is 35.5 Å². The van der Waals surface area contributed by atoms with E-state index in [1.54, 1.807) is 62.4 Å². The molecule has 4 aliphatic rings. The number of rotatable bonds is 21. The summed E-state index contributed by atoms with van der Waals surface area (Å²) in [6.45, 7) is 15.4. The number of amides is 5. The van der Waals surface area contributed by atoms with Crippen molar-refractivity contribution in [2.75, 3.05) is 0 Å². The largest absolute Gasteiger partial charge is 0.480 e. The predicted molar refractivity (Wildman–Crippen MR) is 270 cm³/mol. The monoisotopic (exact) mass is 986 g/mol. The Morgan fingerprint density at radius 2 is 1.21 bits per heavy atom. The molecule has 4 aliphatic carbocycles. The zero-order valence-electron chi connectivity index (χ0n) is 43.2. The van der Waals surface area contributed by atoms with Gasteiger partial charge in [-0.3, -0.25) is 28.8 Å². The van der Waals surface area contributed by atoms with Gasteiger partial charge in [0.25, 0.3) is 0 Å². The number of carbonyl (C=O) groups is 6. The second kappa shape index (κ2) is 23.8. The molecule has 0 aromatic heterocycles. The molecule has 0 bridgehead atoms. The normalized spacial score (nSPS) is 30.5. The molecule has 71 heavy (non-hydrogen) atoms. The lowest BCUT2D eigenvalue weighted by Gasteiger charge is -2.63. The van der Waals surface area contributed by atoms with Crippen LogP contribution in [0.15, 0.2) is 60.7 Å². The van der Waals surface area contributed by atoms with Crippen LogP contribution in [0.3, 0.4) is 0 Å². The number of nitrogens with one attached hydrogen (secondary N) is 5. The van der Waals surface area contributed by atoms with Crippen LogP contribution in [0.25, 0.3) is 0 Å². The van der Waals surface area contributed by atoms with E-state index in [4.69, 9.17) is 0 Å². The lowest BCUT2D eigenvalue weighted by atomic mass is 9.43. The van der Waals surface area contributed by atoms with Crippen molar-refractivity contribution in [2.45, 2.75) is 181 Å². The summed E-state index contributed by atoms with van der Waals surface area (Å²) in [5, 5.41) is 57.7. The highest BCUT2D eigenvalue weighted by molar-refractivity contribution is 5.96. The maximum absolute atomic E-state index is 14.3. The lowest BCUT2D eigenvalue weighted by molar-refractivity contribution is -0.207. The second-order valence-corrected chi connectivity index (χ2v) is 23.1. The van der Waals surface area contributed by atoms with Gasteiger partial charge in [-0.1, -0.05) is 109 Å². The molecule has 6 rings (SSSR count). The maximum atomic E-state index is 14.3. The average Bonchev–Trinajstić information content (AvgIpc) is 3.68. The first kappa shape index (κ1) is 55.5. The van der Waals surface area contributed by atoms with Gasteiger partial charge in [-0.2, -0.15) is 0 Å². The standard InChI is InChI=1S/C56H83N5O10/c1-31(2)25-42(58-47(65)22-19-33(5)39-20-21-40-48-41(30-46(64)56(39,40)8)55(7)24-23-38(62)28-37(55)29-45(48)63)52(68)61-49(32(3)4)53(69)60-44(27-36-17-13-10-14-18-36)51(67)59-43(26-35-15-11-9-12-16-35)50(66)57-34(6)54(70)71/h9-18,31-34,37-46,48-49,62-64H,19-30H2,1-8H3,(H,57,66)(H,58,65)(H,59,67)(H,60,69)(H,61,68)(H,70,71)/t33-,34-,37?,38-,39-,40?,41?,42-,43-,44-,45?,46+,48?,49-,55+,56-/m1/s1. The number of hydrogen-bond donors (Lipinski definition) is 9. The zero-order valence-corrected chi connectivity index (χ0v) is 43.2. The Morgan fingerprint density at radius 3 is 1.77 bits per heavy atom. The van der Waals surface area contributed by atoms with Crippen molar-refractivity contribution in [3.05, 3.63) is 71.8 Å². The predicted octanol–water partition coefficient (Wildman–Crippen LogP) is 5.08. The minimum absolute atomic E-state index is 0.00751. The molecule has 5 unspecified atom stereocenters. The zero-order chi connectivity index (χ0) is 51.9. The first-order valence-corrected chi connectivity index (χ1v) is 26.4. The molecule has 0 saturated heterocycles. The Labute approximate surface area is 420 Å². The highest BCUT2D eigenvalue weighted by atomic mass is 16.4. The van der Waals surface area contributed by atoms with Gasteiger partial charge in [0, 0.05) is 19.3 Å². The second-order valence-electron chi connectivity index (χ2n) is 23.1. The van der Waals surface area contributed by atoms with Crippen molar-refractivity contribution in [2.24, 2.45) is 58.2 Å². The van der Waals surface area contributed by atoms with E-state index in [2.05, 4.69) is 47.4 Å². The maximum Gasteiger partial charge on any atom is 0.325 e. The lowest BCUT2D eigenvalue weighted by Crippen LogP contribution is -2.62. The number of carboxylic acids is 1. The smallest absolute Gasteiger partial charge is 0.325 e. The SMILES string of the molecule is CC(C)C[C@@H](NC(=O)CC[C@@H](C)[C@H]1CCC2C3C(O)CC4C[C@H](O)CC[C@]4(C)C3C[C@H](O)[C@@]21C)C(=O)N[C@@H](C(=O)N[C@H](Cc1ccccc1)C(=O)N[C@H](Cc1ccccc1)C(=O)N[C@H](C)C(=O)O)C(C)C. The summed E-state index contributed by atoms with van der Waals surface area (Å²) < 4.78 is 0. The number of aliphatic carboxylic acids is 1. The van der Waals surface area contributed by atoms with Crippen molar-refractivity contribution < 1.29 is 49.2 Å². The van der Waals surface area contributed by atoms with Crippen LogP contribution in [0.5, 0.6) is 0 Å². The van der Waals surface area contributed by atoms with Crippen LogP contribution in [0.2, 0.25) is 0 Å². The highest BCUT2D eigenvalue weighted by Crippen LogP contribution is 2.68. The summed E-state index contributed by atoms with van der Waals surface area (Å²) in [4.78, 5) is 81.6. The molecule has 0 aliphatic heterocycles. The number of benzene rings is 2. The van der Waals surface area contributed by atoms with Crippen molar-refractivity contribution in [3.63, 3.8) is 0 Å². The Kier molecular flexibility index (Phi) is 18.6. The van der Waals surface area contributed by atoms with Gasteiger partial charge in [-0.25, -0.2) is 0 Å². The molecule has 392 valence electrons. The molecule has 4 fully saturated rings. The molecule has 0 heterocycles. The van der Waals surface area contributed by atoms with E-state index >= 15 is 0 Å². The third-order valence-corrected chi connectivity index (χ3v) is 17.5. The van der Waals surface area contributed by atoms with Gasteiger partial charge in [-0.05, 0) is 134 Å². The van der Waals surface area contributed by atoms with E-state index in [0.29, 0.717) is 37.7 Å². The number of aliphatic hydroxyl groups excluding tert-OH is 3. The summed E-state index contributed by atoms with van der Waals surface area (Å²) in [6, 6.07) is 12.3. The Balaban J connectivity index is 1.10. The number of aliphatic hydroxyl groups is 3. The molecule has 16 atom stereocenters. The molecule has 15 heteroatoms. The van der Waals surface area contributed by atoms with Crippen molar-refractivity contribution in [1.82, 2.24) is 26.6 Å². The van der Waals surface area contributed by atoms with Crippen molar-refractivity contribution in [3.8, 4) is 0 Å². The summed E-state index contributed by atoms with van der Waals surface area (Å²) in [5.74, 6) is -3.63. The van der Waals surface area contributed by atoms with E-state index in [1.165, 1.54) is 6.92 Å². The number of hydrogen-bond acceptors (Lipinski definition) is 9. The molecule has 4 saturated carbocycles.